The summed E-state index contributed by atoms with van der Waals surface area (Å²) in [7, 11) is 0. The molecule has 0 aromatic heterocycles. The summed E-state index contributed by atoms with van der Waals surface area (Å²) in [5, 5.41) is 11.3. The third kappa shape index (κ3) is 1.61. The number of hydrogen-bond acceptors (Lipinski definition) is 1. The summed E-state index contributed by atoms with van der Waals surface area (Å²) in [4.78, 5) is 3.03. The molecule has 0 radical (unpaired) electrons. The summed E-state index contributed by atoms with van der Waals surface area (Å²) >= 11 is 0. The molecule has 3 heteroatoms. The first-order valence-electron chi connectivity index (χ1n) is 3.68. The molecule has 2 unspecified atom stereocenters. The van der Waals surface area contributed by atoms with Gasteiger partial charge in [-0.05, 0) is 12.2 Å². The van der Waals surface area contributed by atoms with Gasteiger partial charge in [-0.1, -0.05) is 18.2 Å². The van der Waals surface area contributed by atoms with E-state index in [2.05, 4.69) is 4.99 Å². The number of hydrogen-bond donors (Lipinski definition) is 1. The minimum absolute atomic E-state index is 0. The second-order valence-electron chi connectivity index (χ2n) is 2.69. The van der Waals surface area contributed by atoms with E-state index in [-0.39, 0.29) is 24.9 Å². The van der Waals surface area contributed by atoms with Crippen LogP contribution >= 0.6 is 0 Å². The summed E-state index contributed by atoms with van der Waals surface area (Å²) in [6, 6.07) is -0.0509. The van der Waals surface area contributed by atoms with Crippen molar-refractivity contribution in [3.05, 3.63) is 36.0 Å². The van der Waals surface area contributed by atoms with Crippen molar-refractivity contribution in [2.24, 2.45) is 0 Å². The summed E-state index contributed by atoms with van der Waals surface area (Å²) in [5.41, 5.74) is 1.08. The van der Waals surface area contributed by atoms with Gasteiger partial charge in [0.2, 0.25) is 0 Å². The molecule has 2 rings (SSSR count). The Balaban J connectivity index is 0.000000720. The first-order valence-corrected chi connectivity index (χ1v) is 3.68. The van der Waals surface area contributed by atoms with Crippen molar-refractivity contribution in [3.8, 4) is 0 Å². The van der Waals surface area contributed by atoms with E-state index in [9.17, 15) is 5.11 Å². The SMILES string of the molecule is [Li+].[O-]C1C=CC=C2C=CC=[NH+]C21. The molecular weight excluding hydrogens is 145 g/mol. The van der Waals surface area contributed by atoms with Crippen LogP contribution in [-0.4, -0.2) is 18.4 Å². The molecular formula is C9H9LiNO+. The molecule has 1 heterocycles. The predicted molar refractivity (Wildman–Crippen MR) is 41.0 cm³/mol. The Morgan fingerprint density at radius 1 is 1.33 bits per heavy atom. The van der Waals surface area contributed by atoms with E-state index in [1.54, 1.807) is 6.08 Å². The molecule has 1 aliphatic carbocycles. The third-order valence-electron chi connectivity index (χ3n) is 1.94. The fourth-order valence-electron chi connectivity index (χ4n) is 1.35. The van der Waals surface area contributed by atoms with Crippen LogP contribution in [0.3, 0.4) is 0 Å². The van der Waals surface area contributed by atoms with Gasteiger partial charge in [-0.15, -0.1) is 0 Å². The molecule has 1 N–H and O–H groups in total. The van der Waals surface area contributed by atoms with Crippen LogP contribution < -0.4 is 29.0 Å². The van der Waals surface area contributed by atoms with Gasteiger partial charge in [0.1, 0.15) is 0 Å². The first-order chi connectivity index (χ1) is 5.38. The maximum absolute atomic E-state index is 11.3. The number of nitrogens with one attached hydrogen (secondary N) is 1. The molecule has 12 heavy (non-hydrogen) atoms. The number of rotatable bonds is 0. The Kier molecular flexibility index (Phi) is 3.10. The van der Waals surface area contributed by atoms with Crippen molar-refractivity contribution >= 4 is 6.21 Å². The monoisotopic (exact) mass is 154 g/mol. The Morgan fingerprint density at radius 2 is 2.17 bits per heavy atom. The zero-order valence-corrected chi connectivity index (χ0v) is 7.03. The Bertz CT molecular complexity index is 278. The van der Waals surface area contributed by atoms with Gasteiger partial charge in [-0.3, -0.25) is 0 Å². The van der Waals surface area contributed by atoms with Gasteiger partial charge in [-0.25, -0.2) is 4.99 Å². The molecule has 0 saturated carbocycles. The maximum atomic E-state index is 11.3. The van der Waals surface area contributed by atoms with Gasteiger partial charge in [-0.2, -0.15) is 0 Å². The standard InChI is InChI=1S/C9H8NO.Li/c11-8-5-1-3-7-4-2-6-10-9(7)8;/h1-6,8-9H;/q-1;+1/p+1. The molecule has 0 spiro atoms. The largest absolute Gasteiger partial charge is 1.00 e. The van der Waals surface area contributed by atoms with E-state index in [4.69, 9.17) is 0 Å². The van der Waals surface area contributed by atoms with Gasteiger partial charge in [0.05, 0.1) is 0 Å². The average molecular weight is 154 g/mol. The topological polar surface area (TPSA) is 37.0 Å². The second kappa shape index (κ2) is 3.91. The van der Waals surface area contributed by atoms with Crippen LogP contribution in [0.4, 0.5) is 0 Å². The Hall–Kier alpha value is -0.553. The van der Waals surface area contributed by atoms with E-state index in [0.29, 0.717) is 0 Å². The third-order valence-corrected chi connectivity index (χ3v) is 1.94. The summed E-state index contributed by atoms with van der Waals surface area (Å²) in [6.07, 6.45) is 10.5. The number of allylic oxidation sites excluding steroid dienone is 3. The quantitative estimate of drug-likeness (QED) is 0.350. The summed E-state index contributed by atoms with van der Waals surface area (Å²) in [5.74, 6) is 0. The van der Waals surface area contributed by atoms with Crippen LogP contribution in [0.2, 0.25) is 0 Å². The van der Waals surface area contributed by atoms with Crippen molar-refractivity contribution in [1.29, 1.82) is 0 Å². The second-order valence-corrected chi connectivity index (χ2v) is 2.69. The minimum Gasteiger partial charge on any atom is -0.844 e. The van der Waals surface area contributed by atoms with E-state index in [0.717, 1.165) is 5.57 Å². The van der Waals surface area contributed by atoms with Crippen molar-refractivity contribution < 1.29 is 29.0 Å². The molecule has 2 nitrogen and oxygen atoms in total. The molecule has 56 valence electrons. The van der Waals surface area contributed by atoms with Crippen LogP contribution in [0.25, 0.3) is 0 Å². The zero-order valence-electron chi connectivity index (χ0n) is 7.03. The van der Waals surface area contributed by atoms with Crippen molar-refractivity contribution in [1.82, 2.24) is 0 Å². The fraction of sp³-hybridized carbons (Fsp3) is 0.222. The smallest absolute Gasteiger partial charge is 0.844 e. The molecule has 2 atom stereocenters. The average Bonchev–Trinajstić information content (AvgIpc) is 2.06. The summed E-state index contributed by atoms with van der Waals surface area (Å²) < 4.78 is 0. The van der Waals surface area contributed by atoms with Crippen LogP contribution in [0.1, 0.15) is 0 Å². The summed E-state index contributed by atoms with van der Waals surface area (Å²) in [6.45, 7) is 0. The van der Waals surface area contributed by atoms with Gasteiger partial charge < -0.3 is 5.11 Å². The predicted octanol–water partition coefficient (Wildman–Crippen LogP) is -4.69. The van der Waals surface area contributed by atoms with E-state index in [1.165, 1.54) is 0 Å². The molecule has 0 aromatic rings. The Morgan fingerprint density at radius 3 is 2.92 bits per heavy atom. The van der Waals surface area contributed by atoms with E-state index < -0.39 is 6.10 Å². The van der Waals surface area contributed by atoms with Crippen LogP contribution in [0, 0.1) is 0 Å². The zero-order chi connectivity index (χ0) is 7.68. The van der Waals surface area contributed by atoms with Crippen LogP contribution in [0.5, 0.6) is 0 Å². The van der Waals surface area contributed by atoms with Crippen LogP contribution in [0.15, 0.2) is 36.0 Å². The minimum atomic E-state index is -0.642. The molecule has 1 aliphatic heterocycles. The fourth-order valence-corrected chi connectivity index (χ4v) is 1.35. The van der Waals surface area contributed by atoms with E-state index in [1.807, 2.05) is 30.5 Å². The molecule has 0 fully saturated rings. The van der Waals surface area contributed by atoms with Crippen molar-refractivity contribution in [2.45, 2.75) is 12.1 Å². The molecule has 0 saturated heterocycles. The van der Waals surface area contributed by atoms with Crippen molar-refractivity contribution in [3.63, 3.8) is 0 Å². The molecule has 0 bridgehead atoms. The van der Waals surface area contributed by atoms with Gasteiger partial charge in [0.15, 0.2) is 12.3 Å². The maximum Gasteiger partial charge on any atom is 1.00 e. The van der Waals surface area contributed by atoms with Gasteiger partial charge >= 0.3 is 18.9 Å². The normalized spacial score (nSPS) is 30.6. The molecule has 2 aliphatic rings. The van der Waals surface area contributed by atoms with Crippen LogP contribution in [-0.2, 0) is 0 Å². The first kappa shape index (κ1) is 9.53. The molecule has 0 amide bonds. The van der Waals surface area contributed by atoms with E-state index >= 15 is 0 Å². The van der Waals surface area contributed by atoms with Crippen molar-refractivity contribution in [2.75, 3.05) is 0 Å². The van der Waals surface area contributed by atoms with Gasteiger partial charge in [0, 0.05) is 11.6 Å². The molecule has 0 aromatic carbocycles. The number of fused-ring (bicyclic) bond motifs is 1. The van der Waals surface area contributed by atoms with Gasteiger partial charge in [0.25, 0.3) is 0 Å². The Labute approximate surface area is 83.6 Å².